The first-order chi connectivity index (χ1) is 9.16. The molecule has 0 aromatic heterocycles. The van der Waals surface area contributed by atoms with Crippen molar-refractivity contribution in [3.05, 3.63) is 64.1 Å². The van der Waals surface area contributed by atoms with Crippen LogP contribution in [0.3, 0.4) is 0 Å². The number of benzene rings is 2. The third-order valence-corrected chi connectivity index (χ3v) is 3.20. The van der Waals surface area contributed by atoms with E-state index >= 15 is 0 Å². The van der Waals surface area contributed by atoms with Gasteiger partial charge in [0.15, 0.2) is 5.75 Å². The number of amides is 1. The van der Waals surface area contributed by atoms with E-state index < -0.39 is 6.09 Å². The molecule has 0 aliphatic carbocycles. The number of hydrogen-bond donors (Lipinski definition) is 1. The van der Waals surface area contributed by atoms with Crippen molar-refractivity contribution >= 4 is 29.3 Å². The highest BCUT2D eigenvalue weighted by atomic mass is 35.5. The predicted octanol–water partition coefficient (Wildman–Crippen LogP) is 4.28. The number of halogens is 2. The van der Waals surface area contributed by atoms with Crippen molar-refractivity contribution in [1.29, 1.82) is 0 Å². The van der Waals surface area contributed by atoms with Crippen LogP contribution >= 0.6 is 23.2 Å². The van der Waals surface area contributed by atoms with Crippen molar-refractivity contribution in [2.24, 2.45) is 0 Å². The molecule has 19 heavy (non-hydrogen) atoms. The Kier molecular flexibility index (Phi) is 4.66. The van der Waals surface area contributed by atoms with Gasteiger partial charge < -0.3 is 10.1 Å². The van der Waals surface area contributed by atoms with Crippen LogP contribution < -0.4 is 10.1 Å². The SMILES string of the molecule is O=C(NCc1ccccc1)Oc1cccc(Cl)c1Cl. The van der Waals surface area contributed by atoms with Gasteiger partial charge in [0.1, 0.15) is 5.02 Å². The van der Waals surface area contributed by atoms with E-state index in [9.17, 15) is 4.79 Å². The van der Waals surface area contributed by atoms with Crippen LogP contribution in [0.4, 0.5) is 4.79 Å². The van der Waals surface area contributed by atoms with Crippen LogP contribution in [0.1, 0.15) is 5.56 Å². The van der Waals surface area contributed by atoms with Crippen LogP contribution in [-0.4, -0.2) is 6.09 Å². The predicted molar refractivity (Wildman–Crippen MR) is 75.8 cm³/mol. The van der Waals surface area contributed by atoms with Gasteiger partial charge in [0, 0.05) is 6.54 Å². The molecule has 0 unspecified atom stereocenters. The van der Waals surface area contributed by atoms with Gasteiger partial charge in [-0.25, -0.2) is 4.79 Å². The Bertz CT molecular complexity index is 573. The Labute approximate surface area is 121 Å². The van der Waals surface area contributed by atoms with E-state index in [2.05, 4.69) is 5.32 Å². The van der Waals surface area contributed by atoms with Crippen LogP contribution in [0.25, 0.3) is 0 Å². The molecule has 0 aliphatic heterocycles. The number of ether oxygens (including phenoxy) is 1. The van der Waals surface area contributed by atoms with Crippen LogP contribution in [0.15, 0.2) is 48.5 Å². The number of carbonyl (C=O) groups is 1. The first kappa shape index (κ1) is 13.7. The lowest BCUT2D eigenvalue weighted by Crippen LogP contribution is -2.26. The van der Waals surface area contributed by atoms with Crippen molar-refractivity contribution in [2.45, 2.75) is 6.54 Å². The van der Waals surface area contributed by atoms with Gasteiger partial charge >= 0.3 is 6.09 Å². The zero-order valence-electron chi connectivity index (χ0n) is 9.90. The highest BCUT2D eigenvalue weighted by molar-refractivity contribution is 6.43. The second-order valence-electron chi connectivity index (χ2n) is 3.78. The maximum atomic E-state index is 11.6. The summed E-state index contributed by atoms with van der Waals surface area (Å²) < 4.78 is 5.08. The van der Waals surface area contributed by atoms with Crippen molar-refractivity contribution < 1.29 is 9.53 Å². The summed E-state index contributed by atoms with van der Waals surface area (Å²) in [6.07, 6.45) is -0.576. The summed E-state index contributed by atoms with van der Waals surface area (Å²) in [5, 5.41) is 3.20. The summed E-state index contributed by atoms with van der Waals surface area (Å²) in [5.74, 6) is 0.236. The standard InChI is InChI=1S/C14H11Cl2NO2/c15-11-7-4-8-12(13(11)16)19-14(18)17-9-10-5-2-1-3-6-10/h1-8H,9H2,(H,17,18). The highest BCUT2D eigenvalue weighted by Gasteiger charge is 2.09. The third kappa shape index (κ3) is 3.88. The molecule has 0 fully saturated rings. The fourth-order valence-electron chi connectivity index (χ4n) is 1.47. The maximum absolute atomic E-state index is 11.6. The molecule has 5 heteroatoms. The molecular formula is C14H11Cl2NO2. The molecule has 0 spiro atoms. The minimum Gasteiger partial charge on any atom is -0.409 e. The third-order valence-electron chi connectivity index (χ3n) is 2.40. The lowest BCUT2D eigenvalue weighted by Gasteiger charge is -2.08. The molecule has 2 rings (SSSR count). The smallest absolute Gasteiger partial charge is 0.409 e. The molecule has 1 amide bonds. The number of nitrogens with one attached hydrogen (secondary N) is 1. The summed E-state index contributed by atoms with van der Waals surface area (Å²) in [6.45, 7) is 0.387. The van der Waals surface area contributed by atoms with Gasteiger partial charge in [-0.15, -0.1) is 0 Å². The Morgan fingerprint density at radius 2 is 1.79 bits per heavy atom. The van der Waals surface area contributed by atoms with E-state index in [-0.39, 0.29) is 10.8 Å². The fraction of sp³-hybridized carbons (Fsp3) is 0.0714. The monoisotopic (exact) mass is 295 g/mol. The van der Waals surface area contributed by atoms with E-state index in [0.29, 0.717) is 11.6 Å². The van der Waals surface area contributed by atoms with Gasteiger partial charge in [-0.2, -0.15) is 0 Å². The van der Waals surface area contributed by atoms with E-state index in [1.807, 2.05) is 30.3 Å². The summed E-state index contributed by atoms with van der Waals surface area (Å²) >= 11 is 11.7. The largest absolute Gasteiger partial charge is 0.412 e. The normalized spacial score (nSPS) is 10.0. The Morgan fingerprint density at radius 1 is 1.05 bits per heavy atom. The lowest BCUT2D eigenvalue weighted by molar-refractivity contribution is 0.200. The molecule has 0 bridgehead atoms. The van der Waals surface area contributed by atoms with Crippen LogP contribution in [0, 0.1) is 0 Å². The van der Waals surface area contributed by atoms with Crippen molar-refractivity contribution in [3.8, 4) is 5.75 Å². The van der Waals surface area contributed by atoms with Crippen molar-refractivity contribution in [3.63, 3.8) is 0 Å². The highest BCUT2D eigenvalue weighted by Crippen LogP contribution is 2.31. The number of carbonyl (C=O) groups excluding carboxylic acids is 1. The van der Waals surface area contributed by atoms with E-state index in [0.717, 1.165) is 5.56 Å². The maximum Gasteiger partial charge on any atom is 0.412 e. The average Bonchev–Trinajstić information content (AvgIpc) is 2.43. The average molecular weight is 296 g/mol. The van der Waals surface area contributed by atoms with Crippen LogP contribution in [0.2, 0.25) is 10.0 Å². The van der Waals surface area contributed by atoms with Gasteiger partial charge in [0.2, 0.25) is 0 Å². The summed E-state index contributed by atoms with van der Waals surface area (Å²) in [6, 6.07) is 14.4. The van der Waals surface area contributed by atoms with Gasteiger partial charge in [-0.3, -0.25) is 0 Å². The molecule has 98 valence electrons. The van der Waals surface area contributed by atoms with Crippen LogP contribution in [0.5, 0.6) is 5.75 Å². The topological polar surface area (TPSA) is 38.3 Å². The first-order valence-electron chi connectivity index (χ1n) is 5.60. The van der Waals surface area contributed by atoms with E-state index in [1.165, 1.54) is 0 Å². The molecule has 0 aliphatic rings. The summed E-state index contributed by atoms with van der Waals surface area (Å²) in [7, 11) is 0. The van der Waals surface area contributed by atoms with Crippen molar-refractivity contribution in [2.75, 3.05) is 0 Å². The number of rotatable bonds is 3. The molecular weight excluding hydrogens is 285 g/mol. The second kappa shape index (κ2) is 6.45. The van der Waals surface area contributed by atoms with Gasteiger partial charge in [0.05, 0.1) is 5.02 Å². The molecule has 0 saturated heterocycles. The number of hydrogen-bond acceptors (Lipinski definition) is 2. The molecule has 3 nitrogen and oxygen atoms in total. The molecule has 0 atom stereocenters. The lowest BCUT2D eigenvalue weighted by atomic mass is 10.2. The van der Waals surface area contributed by atoms with Gasteiger partial charge in [-0.1, -0.05) is 59.6 Å². The zero-order chi connectivity index (χ0) is 13.7. The fourth-order valence-corrected chi connectivity index (χ4v) is 1.80. The minimum absolute atomic E-state index is 0.221. The second-order valence-corrected chi connectivity index (χ2v) is 4.57. The van der Waals surface area contributed by atoms with Gasteiger partial charge in [0.25, 0.3) is 0 Å². The van der Waals surface area contributed by atoms with E-state index in [4.69, 9.17) is 27.9 Å². The molecule has 0 saturated carbocycles. The van der Waals surface area contributed by atoms with Crippen LogP contribution in [-0.2, 0) is 6.54 Å². The Hall–Kier alpha value is -1.71. The molecule has 1 N–H and O–H groups in total. The quantitative estimate of drug-likeness (QED) is 0.918. The molecule has 2 aromatic rings. The van der Waals surface area contributed by atoms with Gasteiger partial charge in [-0.05, 0) is 17.7 Å². The Balaban J connectivity index is 1.93. The van der Waals surface area contributed by atoms with Crippen molar-refractivity contribution in [1.82, 2.24) is 5.32 Å². The molecule has 0 radical (unpaired) electrons. The summed E-state index contributed by atoms with van der Waals surface area (Å²) in [4.78, 5) is 11.6. The molecule has 2 aromatic carbocycles. The van der Waals surface area contributed by atoms with E-state index in [1.54, 1.807) is 18.2 Å². The Morgan fingerprint density at radius 3 is 2.53 bits per heavy atom. The summed E-state index contributed by atoms with van der Waals surface area (Å²) in [5.41, 5.74) is 0.983. The zero-order valence-corrected chi connectivity index (χ0v) is 11.4. The first-order valence-corrected chi connectivity index (χ1v) is 6.36. The molecule has 0 heterocycles. The minimum atomic E-state index is -0.576.